The lowest BCUT2D eigenvalue weighted by molar-refractivity contribution is -0.114. The fourth-order valence-electron chi connectivity index (χ4n) is 2.60. The van der Waals surface area contributed by atoms with Crippen LogP contribution in [0.5, 0.6) is 0 Å². The second-order valence-electron chi connectivity index (χ2n) is 5.81. The Hall–Kier alpha value is -2.80. The van der Waals surface area contributed by atoms with E-state index in [1.54, 1.807) is 37.3 Å². The highest BCUT2D eigenvalue weighted by atomic mass is 32.1. The predicted octanol–water partition coefficient (Wildman–Crippen LogP) is 2.92. The summed E-state index contributed by atoms with van der Waals surface area (Å²) in [7, 11) is 0. The number of thiophene rings is 1. The average molecular weight is 355 g/mol. The van der Waals surface area contributed by atoms with Crippen molar-refractivity contribution in [1.82, 2.24) is 9.55 Å². The number of rotatable bonds is 4. The summed E-state index contributed by atoms with van der Waals surface area (Å²) in [6, 6.07) is 8.39. The molecule has 1 amide bonds. The SMILES string of the molecule is CC(=O)Nc1ccc(C(=O)Cn2c(C)nc3sc(C)cc3c2=O)cc1. The molecule has 0 aliphatic carbocycles. The maximum atomic E-state index is 12.6. The summed E-state index contributed by atoms with van der Waals surface area (Å²) in [5.74, 6) is 0.155. The van der Waals surface area contributed by atoms with Gasteiger partial charge in [-0.05, 0) is 44.2 Å². The first-order valence-electron chi connectivity index (χ1n) is 7.73. The third-order valence-electron chi connectivity index (χ3n) is 3.79. The quantitative estimate of drug-likeness (QED) is 0.730. The van der Waals surface area contributed by atoms with Crippen LogP contribution in [-0.2, 0) is 11.3 Å². The van der Waals surface area contributed by atoms with Gasteiger partial charge in [0.1, 0.15) is 10.7 Å². The number of hydrogen-bond acceptors (Lipinski definition) is 5. The fourth-order valence-corrected chi connectivity index (χ4v) is 3.52. The zero-order chi connectivity index (χ0) is 18.1. The minimum atomic E-state index is -0.199. The Labute approximate surface area is 148 Å². The first-order chi connectivity index (χ1) is 11.8. The first kappa shape index (κ1) is 17.0. The van der Waals surface area contributed by atoms with Crippen LogP contribution in [0.15, 0.2) is 35.1 Å². The van der Waals surface area contributed by atoms with Crippen LogP contribution in [0, 0.1) is 13.8 Å². The third-order valence-corrected chi connectivity index (χ3v) is 4.74. The van der Waals surface area contributed by atoms with Gasteiger partial charge in [-0.2, -0.15) is 0 Å². The average Bonchev–Trinajstić information content (AvgIpc) is 2.92. The number of nitrogens with one attached hydrogen (secondary N) is 1. The lowest BCUT2D eigenvalue weighted by Crippen LogP contribution is -2.27. The molecule has 6 nitrogen and oxygen atoms in total. The van der Waals surface area contributed by atoms with Crippen molar-refractivity contribution >= 4 is 38.9 Å². The number of carbonyl (C=O) groups is 2. The third kappa shape index (κ3) is 3.51. The smallest absolute Gasteiger partial charge is 0.262 e. The number of Topliss-reactive ketones (excluding diaryl/α,β-unsaturated/α-hetero) is 1. The van der Waals surface area contributed by atoms with E-state index in [9.17, 15) is 14.4 Å². The van der Waals surface area contributed by atoms with Crippen molar-refractivity contribution in [2.24, 2.45) is 0 Å². The molecule has 0 saturated heterocycles. The lowest BCUT2D eigenvalue weighted by Gasteiger charge is -2.09. The zero-order valence-electron chi connectivity index (χ0n) is 14.1. The number of hydrogen-bond donors (Lipinski definition) is 1. The number of carbonyl (C=O) groups excluding carboxylic acids is 2. The van der Waals surface area contributed by atoms with E-state index in [4.69, 9.17) is 0 Å². The molecule has 2 heterocycles. The molecule has 2 aromatic heterocycles. The maximum absolute atomic E-state index is 12.6. The van der Waals surface area contributed by atoms with E-state index in [0.717, 1.165) is 4.88 Å². The van der Waals surface area contributed by atoms with Gasteiger partial charge in [0.15, 0.2) is 5.78 Å². The van der Waals surface area contributed by atoms with Crippen LogP contribution in [0.25, 0.3) is 10.2 Å². The lowest BCUT2D eigenvalue weighted by atomic mass is 10.1. The van der Waals surface area contributed by atoms with E-state index in [2.05, 4.69) is 10.3 Å². The number of ketones is 1. The Morgan fingerprint density at radius 2 is 1.88 bits per heavy atom. The van der Waals surface area contributed by atoms with Crippen molar-refractivity contribution in [1.29, 1.82) is 0 Å². The minimum Gasteiger partial charge on any atom is -0.326 e. The van der Waals surface area contributed by atoms with Crippen molar-refractivity contribution in [3.8, 4) is 0 Å². The highest BCUT2D eigenvalue weighted by Gasteiger charge is 2.14. The van der Waals surface area contributed by atoms with E-state index in [1.807, 2.05) is 6.92 Å². The van der Waals surface area contributed by atoms with Crippen molar-refractivity contribution in [3.05, 3.63) is 57.0 Å². The largest absolute Gasteiger partial charge is 0.326 e. The Bertz CT molecular complexity index is 1030. The summed E-state index contributed by atoms with van der Waals surface area (Å²) < 4.78 is 1.40. The van der Waals surface area contributed by atoms with E-state index in [0.29, 0.717) is 27.3 Å². The molecule has 1 N–H and O–H groups in total. The number of fused-ring (bicyclic) bond motifs is 1. The van der Waals surface area contributed by atoms with Gasteiger partial charge in [-0.25, -0.2) is 4.98 Å². The molecule has 0 radical (unpaired) electrons. The number of anilines is 1. The Kier molecular flexibility index (Phi) is 4.50. The van der Waals surface area contributed by atoms with Crippen LogP contribution < -0.4 is 10.9 Å². The highest BCUT2D eigenvalue weighted by molar-refractivity contribution is 7.18. The number of aromatic nitrogens is 2. The molecule has 25 heavy (non-hydrogen) atoms. The summed E-state index contributed by atoms with van der Waals surface area (Å²) in [5, 5.41) is 3.19. The van der Waals surface area contributed by atoms with E-state index in [1.165, 1.54) is 22.8 Å². The predicted molar refractivity (Wildman–Crippen MR) is 98.4 cm³/mol. The molecule has 0 aliphatic rings. The second-order valence-corrected chi connectivity index (χ2v) is 7.04. The van der Waals surface area contributed by atoms with Crippen LogP contribution in [0.2, 0.25) is 0 Å². The van der Waals surface area contributed by atoms with Crippen molar-refractivity contribution in [2.75, 3.05) is 5.32 Å². The maximum Gasteiger partial charge on any atom is 0.262 e. The number of aryl methyl sites for hydroxylation is 2. The molecule has 0 fully saturated rings. The molecule has 0 aliphatic heterocycles. The van der Waals surface area contributed by atoms with Gasteiger partial charge in [0.25, 0.3) is 5.56 Å². The highest BCUT2D eigenvalue weighted by Crippen LogP contribution is 2.20. The molecule has 3 rings (SSSR count). The number of nitrogens with zero attached hydrogens (tertiary/aromatic N) is 2. The Morgan fingerprint density at radius 1 is 1.20 bits per heavy atom. The van der Waals surface area contributed by atoms with Crippen LogP contribution >= 0.6 is 11.3 Å². The van der Waals surface area contributed by atoms with Crippen LogP contribution in [0.1, 0.15) is 28.0 Å². The number of benzene rings is 1. The number of amides is 1. The van der Waals surface area contributed by atoms with Crippen LogP contribution in [0.4, 0.5) is 5.69 Å². The van der Waals surface area contributed by atoms with E-state index >= 15 is 0 Å². The zero-order valence-corrected chi connectivity index (χ0v) is 14.9. The first-order valence-corrected chi connectivity index (χ1v) is 8.55. The van der Waals surface area contributed by atoms with Gasteiger partial charge in [0.2, 0.25) is 5.91 Å². The van der Waals surface area contributed by atoms with Crippen molar-refractivity contribution < 1.29 is 9.59 Å². The van der Waals surface area contributed by atoms with Crippen LogP contribution in [-0.4, -0.2) is 21.2 Å². The molecule has 3 aromatic rings. The topological polar surface area (TPSA) is 81.1 Å². The van der Waals surface area contributed by atoms with Gasteiger partial charge in [-0.3, -0.25) is 19.0 Å². The molecular weight excluding hydrogens is 338 g/mol. The van der Waals surface area contributed by atoms with Gasteiger partial charge >= 0.3 is 0 Å². The summed E-state index contributed by atoms with van der Waals surface area (Å²) in [4.78, 5) is 42.3. The van der Waals surface area contributed by atoms with Crippen LogP contribution in [0.3, 0.4) is 0 Å². The molecule has 0 spiro atoms. The molecular formula is C18H17N3O3S. The standard InChI is InChI=1S/C18H17N3O3S/c1-10-8-15-17(25-10)19-11(2)21(18(15)24)9-16(23)13-4-6-14(7-5-13)20-12(3)22/h4-8H,9H2,1-3H3,(H,20,22). The Balaban J connectivity index is 1.89. The second kappa shape index (κ2) is 6.60. The summed E-state index contributed by atoms with van der Waals surface area (Å²) in [5.41, 5.74) is 0.895. The fraction of sp³-hybridized carbons (Fsp3) is 0.222. The van der Waals surface area contributed by atoms with Gasteiger partial charge in [-0.15, -0.1) is 11.3 Å². The van der Waals surface area contributed by atoms with E-state index < -0.39 is 0 Å². The van der Waals surface area contributed by atoms with Gasteiger partial charge in [0.05, 0.1) is 11.9 Å². The van der Waals surface area contributed by atoms with Gasteiger partial charge < -0.3 is 5.32 Å². The Morgan fingerprint density at radius 3 is 2.52 bits per heavy atom. The summed E-state index contributed by atoms with van der Waals surface area (Å²) in [6.07, 6.45) is 0. The molecule has 0 unspecified atom stereocenters. The molecule has 0 bridgehead atoms. The van der Waals surface area contributed by atoms with Gasteiger partial charge in [-0.1, -0.05) is 0 Å². The molecule has 0 saturated carbocycles. The summed E-state index contributed by atoms with van der Waals surface area (Å²) in [6.45, 7) is 5.00. The van der Waals surface area contributed by atoms with Crippen molar-refractivity contribution in [3.63, 3.8) is 0 Å². The molecule has 128 valence electrons. The normalized spacial score (nSPS) is 10.8. The van der Waals surface area contributed by atoms with Gasteiger partial charge in [0, 0.05) is 23.1 Å². The molecule has 1 aromatic carbocycles. The summed E-state index contributed by atoms with van der Waals surface area (Å²) >= 11 is 1.47. The molecule has 7 heteroatoms. The minimum absolute atomic E-state index is 0.0675. The van der Waals surface area contributed by atoms with E-state index in [-0.39, 0.29) is 23.8 Å². The monoisotopic (exact) mass is 355 g/mol. The van der Waals surface area contributed by atoms with Crippen molar-refractivity contribution in [2.45, 2.75) is 27.3 Å². The molecule has 0 atom stereocenters.